The molecule has 7 heteroatoms. The highest BCUT2D eigenvalue weighted by Crippen LogP contribution is 2.41. The molecular formula is C26H28N4O2S. The van der Waals surface area contributed by atoms with Crippen LogP contribution in [0.5, 0.6) is 0 Å². The summed E-state index contributed by atoms with van der Waals surface area (Å²) in [6.07, 6.45) is 10.1. The molecule has 1 amide bonds. The molecule has 0 bridgehead atoms. The van der Waals surface area contributed by atoms with Crippen LogP contribution in [0, 0.1) is 5.41 Å². The Hall–Kier alpha value is -3.06. The minimum absolute atomic E-state index is 0.0231. The zero-order chi connectivity index (χ0) is 23.0. The summed E-state index contributed by atoms with van der Waals surface area (Å²) in [5, 5.41) is 6.98. The highest BCUT2D eigenvalue weighted by atomic mass is 32.1. The third-order valence-electron chi connectivity index (χ3n) is 6.49. The molecule has 0 unspecified atom stereocenters. The number of hydrogen-bond donors (Lipinski definition) is 0. The van der Waals surface area contributed by atoms with E-state index in [2.05, 4.69) is 18.8 Å². The molecule has 3 aromatic rings. The molecule has 1 fully saturated rings. The topological polar surface area (TPSA) is 68.1 Å². The van der Waals surface area contributed by atoms with Gasteiger partial charge in [0.2, 0.25) is 5.91 Å². The van der Waals surface area contributed by atoms with E-state index in [1.54, 1.807) is 23.6 Å². The van der Waals surface area contributed by atoms with Crippen LogP contribution in [0.2, 0.25) is 0 Å². The second-order valence-electron chi connectivity index (χ2n) is 9.71. The largest absolute Gasteiger partial charge is 0.330 e. The standard InChI is InChI=1S/C26H28N4O2S/c1-26(2)14-21-24(22(31)15-26)25(28-30(21)17-18-6-3-11-27-16-18)20-8-4-12-29(20)23(32)10-9-19-7-5-13-33-19/h3,5-7,9-11,13,16,20H,4,8,12,14-15,17H2,1-2H3/b10-9+/t20-/m0/s1. The molecule has 1 aliphatic carbocycles. The Morgan fingerprint density at radius 2 is 2.15 bits per heavy atom. The summed E-state index contributed by atoms with van der Waals surface area (Å²) >= 11 is 1.60. The van der Waals surface area contributed by atoms with Gasteiger partial charge in [-0.3, -0.25) is 19.3 Å². The fraction of sp³-hybridized carbons (Fsp3) is 0.385. The number of Topliss-reactive ketones (excluding diaryl/α,β-unsaturated/α-hetero) is 1. The molecule has 2 aliphatic rings. The van der Waals surface area contributed by atoms with Gasteiger partial charge in [-0.1, -0.05) is 26.0 Å². The first-order valence-corrected chi connectivity index (χ1v) is 12.3. The van der Waals surface area contributed by atoms with Gasteiger partial charge < -0.3 is 4.90 Å². The first kappa shape index (κ1) is 21.8. The summed E-state index contributed by atoms with van der Waals surface area (Å²) in [4.78, 5) is 33.6. The molecule has 3 aromatic heterocycles. The molecule has 170 valence electrons. The van der Waals surface area contributed by atoms with Crippen molar-refractivity contribution in [2.24, 2.45) is 5.41 Å². The molecule has 0 N–H and O–H groups in total. The fourth-order valence-electron chi connectivity index (χ4n) is 5.02. The number of thiophene rings is 1. The van der Waals surface area contributed by atoms with E-state index in [4.69, 9.17) is 5.10 Å². The van der Waals surface area contributed by atoms with E-state index in [0.717, 1.165) is 46.7 Å². The van der Waals surface area contributed by atoms with Gasteiger partial charge in [0.1, 0.15) is 0 Å². The van der Waals surface area contributed by atoms with Crippen molar-refractivity contribution in [2.45, 2.75) is 52.1 Å². The lowest BCUT2D eigenvalue weighted by Crippen LogP contribution is -2.32. The summed E-state index contributed by atoms with van der Waals surface area (Å²) in [7, 11) is 0. The van der Waals surface area contributed by atoms with Crippen molar-refractivity contribution in [2.75, 3.05) is 6.54 Å². The van der Waals surface area contributed by atoms with Crippen LogP contribution in [0.3, 0.4) is 0 Å². The van der Waals surface area contributed by atoms with Crippen molar-refractivity contribution < 1.29 is 9.59 Å². The summed E-state index contributed by atoms with van der Waals surface area (Å²) in [6.45, 7) is 5.52. The third kappa shape index (κ3) is 4.42. The van der Waals surface area contributed by atoms with Gasteiger partial charge in [-0.2, -0.15) is 5.10 Å². The van der Waals surface area contributed by atoms with E-state index in [9.17, 15) is 9.59 Å². The van der Waals surface area contributed by atoms with Gasteiger partial charge in [0.15, 0.2) is 5.78 Å². The molecule has 1 saturated heterocycles. The molecule has 0 spiro atoms. The van der Waals surface area contributed by atoms with Crippen molar-refractivity contribution in [1.82, 2.24) is 19.7 Å². The van der Waals surface area contributed by atoms with Crippen molar-refractivity contribution in [1.29, 1.82) is 0 Å². The number of nitrogens with zero attached hydrogens (tertiary/aromatic N) is 4. The maximum absolute atomic E-state index is 13.3. The predicted molar refractivity (Wildman–Crippen MR) is 129 cm³/mol. The van der Waals surface area contributed by atoms with Gasteiger partial charge in [-0.15, -0.1) is 11.3 Å². The SMILES string of the molecule is CC1(C)CC(=O)c2c([C@@H]3CCCN3C(=O)/C=C/c3cccs3)nn(Cc3cccnc3)c2C1. The first-order valence-electron chi connectivity index (χ1n) is 11.5. The lowest BCUT2D eigenvalue weighted by molar-refractivity contribution is -0.126. The number of aromatic nitrogens is 3. The van der Waals surface area contributed by atoms with Crippen LogP contribution in [0.15, 0.2) is 48.1 Å². The summed E-state index contributed by atoms with van der Waals surface area (Å²) < 4.78 is 1.98. The normalized spacial score (nSPS) is 19.9. The van der Waals surface area contributed by atoms with E-state index in [1.807, 2.05) is 51.5 Å². The van der Waals surface area contributed by atoms with Crippen LogP contribution in [-0.4, -0.2) is 37.9 Å². The number of likely N-dealkylation sites (tertiary alicyclic amines) is 1. The summed E-state index contributed by atoms with van der Waals surface area (Å²) in [6, 6.07) is 7.74. The highest BCUT2D eigenvalue weighted by molar-refractivity contribution is 7.10. The van der Waals surface area contributed by atoms with Crippen LogP contribution < -0.4 is 0 Å². The third-order valence-corrected chi connectivity index (χ3v) is 7.33. The lowest BCUT2D eigenvalue weighted by Gasteiger charge is -2.30. The number of hydrogen-bond acceptors (Lipinski definition) is 5. The van der Waals surface area contributed by atoms with Crippen LogP contribution in [0.25, 0.3) is 6.08 Å². The maximum atomic E-state index is 13.3. The van der Waals surface area contributed by atoms with Crippen molar-refractivity contribution in [3.8, 4) is 0 Å². The molecule has 0 radical (unpaired) electrons. The van der Waals surface area contributed by atoms with Gasteiger partial charge in [0, 0.05) is 36.3 Å². The van der Waals surface area contributed by atoms with Crippen LogP contribution in [0.4, 0.5) is 0 Å². The smallest absolute Gasteiger partial charge is 0.247 e. The minimum Gasteiger partial charge on any atom is -0.330 e. The average molecular weight is 461 g/mol. The number of ketones is 1. The number of carbonyl (C=O) groups excluding carboxylic acids is 2. The van der Waals surface area contributed by atoms with Gasteiger partial charge in [-0.05, 0) is 53.8 Å². The number of fused-ring (bicyclic) bond motifs is 1. The molecule has 0 aromatic carbocycles. The number of rotatable bonds is 5. The van der Waals surface area contributed by atoms with E-state index < -0.39 is 0 Å². The maximum Gasteiger partial charge on any atom is 0.247 e. The Balaban J connectivity index is 1.50. The monoisotopic (exact) mass is 460 g/mol. The molecule has 1 atom stereocenters. The van der Waals surface area contributed by atoms with E-state index in [-0.39, 0.29) is 23.1 Å². The average Bonchev–Trinajstić information content (AvgIpc) is 3.52. The first-order chi connectivity index (χ1) is 15.9. The Morgan fingerprint density at radius 1 is 1.27 bits per heavy atom. The molecule has 6 nitrogen and oxygen atoms in total. The van der Waals surface area contributed by atoms with Gasteiger partial charge in [0.05, 0.1) is 29.5 Å². The van der Waals surface area contributed by atoms with E-state index in [1.165, 1.54) is 0 Å². The Labute approximate surface area is 198 Å². The molecule has 1 aliphatic heterocycles. The van der Waals surface area contributed by atoms with E-state index in [0.29, 0.717) is 19.5 Å². The molecule has 5 rings (SSSR count). The van der Waals surface area contributed by atoms with Gasteiger partial charge >= 0.3 is 0 Å². The van der Waals surface area contributed by atoms with Crippen molar-refractivity contribution in [3.05, 3.63) is 75.5 Å². The Bertz CT molecular complexity index is 1190. The Morgan fingerprint density at radius 3 is 2.91 bits per heavy atom. The van der Waals surface area contributed by atoms with Crippen molar-refractivity contribution in [3.63, 3.8) is 0 Å². The number of amides is 1. The minimum atomic E-state index is -0.167. The Kier molecular flexibility index (Phi) is 5.74. The van der Waals surface area contributed by atoms with Crippen LogP contribution >= 0.6 is 11.3 Å². The number of carbonyl (C=O) groups is 2. The summed E-state index contributed by atoms with van der Waals surface area (Å²) in [5.74, 6) is 0.118. The molecular weight excluding hydrogens is 432 g/mol. The number of pyridine rings is 1. The molecule has 4 heterocycles. The second-order valence-corrected chi connectivity index (χ2v) is 10.7. The quantitative estimate of drug-likeness (QED) is 0.507. The zero-order valence-corrected chi connectivity index (χ0v) is 19.8. The van der Waals surface area contributed by atoms with Crippen molar-refractivity contribution >= 4 is 29.1 Å². The molecule has 0 saturated carbocycles. The van der Waals surface area contributed by atoms with Crippen LogP contribution in [-0.2, 0) is 17.8 Å². The highest BCUT2D eigenvalue weighted by Gasteiger charge is 2.41. The van der Waals surface area contributed by atoms with Gasteiger partial charge in [-0.25, -0.2) is 0 Å². The fourth-order valence-corrected chi connectivity index (χ4v) is 5.64. The zero-order valence-electron chi connectivity index (χ0n) is 19.0. The predicted octanol–water partition coefficient (Wildman–Crippen LogP) is 4.92. The molecule has 33 heavy (non-hydrogen) atoms. The van der Waals surface area contributed by atoms with Gasteiger partial charge in [0.25, 0.3) is 0 Å². The summed E-state index contributed by atoms with van der Waals surface area (Å²) in [5.41, 5.74) is 3.43. The lowest BCUT2D eigenvalue weighted by atomic mass is 9.75. The second kappa shape index (κ2) is 8.71. The van der Waals surface area contributed by atoms with Crippen LogP contribution in [0.1, 0.15) is 71.3 Å². The van der Waals surface area contributed by atoms with E-state index >= 15 is 0 Å².